The van der Waals surface area contributed by atoms with E-state index in [1.54, 1.807) is 0 Å². The van der Waals surface area contributed by atoms with Crippen LogP contribution in [0.5, 0.6) is 0 Å². The summed E-state index contributed by atoms with van der Waals surface area (Å²) in [5.74, 6) is 0.627. The van der Waals surface area contributed by atoms with Crippen LogP contribution in [-0.2, 0) is 6.54 Å². The average Bonchev–Trinajstić information content (AvgIpc) is 2.74. The van der Waals surface area contributed by atoms with Crippen LogP contribution in [-0.4, -0.2) is 34.8 Å². The van der Waals surface area contributed by atoms with E-state index in [0.29, 0.717) is 23.7 Å². The van der Waals surface area contributed by atoms with E-state index in [1.807, 2.05) is 18.7 Å². The van der Waals surface area contributed by atoms with Gasteiger partial charge in [-0.1, -0.05) is 18.9 Å². The molecule has 0 fully saturated rings. The zero-order valence-corrected chi connectivity index (χ0v) is 10.9. The largest absolute Gasteiger partial charge is 0.407 e. The zero-order valence-electron chi connectivity index (χ0n) is 10.1. The van der Waals surface area contributed by atoms with Gasteiger partial charge in [-0.25, -0.2) is 0 Å². The van der Waals surface area contributed by atoms with Crippen molar-refractivity contribution in [3.63, 3.8) is 0 Å². The molecule has 1 aromatic rings. The summed E-state index contributed by atoms with van der Waals surface area (Å²) in [6, 6.07) is 0.515. The molecule has 2 N–H and O–H groups in total. The van der Waals surface area contributed by atoms with E-state index < -0.39 is 0 Å². The van der Waals surface area contributed by atoms with Gasteiger partial charge in [-0.2, -0.15) is 11.8 Å². The third kappa shape index (κ3) is 4.85. The fraction of sp³-hybridized carbons (Fsp3) is 0.800. The number of thioether (sulfide) groups is 1. The highest BCUT2D eigenvalue weighted by atomic mass is 32.2. The molecule has 1 rings (SSSR count). The Hall–Kier alpha value is -0.750. The highest BCUT2D eigenvalue weighted by molar-refractivity contribution is 7.99. The van der Waals surface area contributed by atoms with E-state index in [1.165, 1.54) is 0 Å². The standard InChI is InChI=1S/C10H20N4OS/c1-4-11-7-9-13-14-10(15-9)12-6-5-8(2)16-3/h8,11H,4-7H2,1-3H3,(H,12,14). The van der Waals surface area contributed by atoms with Crippen molar-refractivity contribution in [2.24, 2.45) is 0 Å². The molecule has 0 saturated carbocycles. The maximum absolute atomic E-state index is 5.40. The van der Waals surface area contributed by atoms with Gasteiger partial charge in [-0.05, 0) is 19.2 Å². The molecule has 0 aromatic carbocycles. The normalized spacial score (nSPS) is 12.7. The maximum atomic E-state index is 5.40. The van der Waals surface area contributed by atoms with E-state index in [9.17, 15) is 0 Å². The van der Waals surface area contributed by atoms with Crippen molar-refractivity contribution in [1.82, 2.24) is 15.5 Å². The molecule has 1 heterocycles. The van der Waals surface area contributed by atoms with Gasteiger partial charge in [-0.15, -0.1) is 5.10 Å². The van der Waals surface area contributed by atoms with Crippen molar-refractivity contribution in [1.29, 1.82) is 0 Å². The molecule has 0 saturated heterocycles. The van der Waals surface area contributed by atoms with Gasteiger partial charge >= 0.3 is 6.01 Å². The number of hydrogen-bond acceptors (Lipinski definition) is 6. The molecule has 0 amide bonds. The van der Waals surface area contributed by atoms with E-state index in [-0.39, 0.29) is 0 Å². The quantitative estimate of drug-likeness (QED) is 0.726. The van der Waals surface area contributed by atoms with E-state index >= 15 is 0 Å². The van der Waals surface area contributed by atoms with E-state index in [0.717, 1.165) is 19.5 Å². The van der Waals surface area contributed by atoms with Crippen LogP contribution < -0.4 is 10.6 Å². The van der Waals surface area contributed by atoms with Gasteiger partial charge in [-0.3, -0.25) is 0 Å². The second-order valence-corrected chi connectivity index (χ2v) is 4.82. The zero-order chi connectivity index (χ0) is 11.8. The first kappa shape index (κ1) is 13.3. The van der Waals surface area contributed by atoms with Crippen molar-refractivity contribution in [3.05, 3.63) is 5.89 Å². The molecular weight excluding hydrogens is 224 g/mol. The number of anilines is 1. The smallest absolute Gasteiger partial charge is 0.315 e. The van der Waals surface area contributed by atoms with Gasteiger partial charge in [0.1, 0.15) is 0 Å². The first-order chi connectivity index (χ1) is 7.76. The topological polar surface area (TPSA) is 63.0 Å². The molecule has 16 heavy (non-hydrogen) atoms. The minimum Gasteiger partial charge on any atom is -0.407 e. The molecule has 0 aliphatic rings. The fourth-order valence-electron chi connectivity index (χ4n) is 1.13. The van der Waals surface area contributed by atoms with Crippen LogP contribution in [0.3, 0.4) is 0 Å². The summed E-state index contributed by atoms with van der Waals surface area (Å²) in [7, 11) is 0. The summed E-state index contributed by atoms with van der Waals surface area (Å²) < 4.78 is 5.40. The number of rotatable bonds is 8. The van der Waals surface area contributed by atoms with E-state index in [4.69, 9.17) is 4.42 Å². The predicted molar refractivity (Wildman–Crippen MR) is 67.8 cm³/mol. The summed E-state index contributed by atoms with van der Waals surface area (Å²) in [6.45, 7) is 6.64. The second kappa shape index (κ2) is 7.51. The van der Waals surface area contributed by atoms with Gasteiger partial charge in [0.25, 0.3) is 0 Å². The lowest BCUT2D eigenvalue weighted by Crippen LogP contribution is -2.11. The molecule has 1 atom stereocenters. The Morgan fingerprint density at radius 2 is 2.25 bits per heavy atom. The summed E-state index contributed by atoms with van der Waals surface area (Å²) >= 11 is 1.86. The molecule has 0 aliphatic carbocycles. The SMILES string of the molecule is CCNCc1nnc(NCCC(C)SC)o1. The van der Waals surface area contributed by atoms with Crippen LogP contribution in [0.1, 0.15) is 26.2 Å². The second-order valence-electron chi connectivity index (χ2n) is 3.54. The third-order valence-electron chi connectivity index (χ3n) is 2.22. The summed E-state index contributed by atoms with van der Waals surface area (Å²) in [5, 5.41) is 14.8. The fourth-order valence-corrected chi connectivity index (χ4v) is 1.48. The third-order valence-corrected chi connectivity index (χ3v) is 3.26. The van der Waals surface area contributed by atoms with Gasteiger partial charge < -0.3 is 15.1 Å². The van der Waals surface area contributed by atoms with Crippen molar-refractivity contribution in [3.8, 4) is 0 Å². The highest BCUT2D eigenvalue weighted by Crippen LogP contribution is 2.10. The minimum atomic E-state index is 0.515. The van der Waals surface area contributed by atoms with Crippen molar-refractivity contribution >= 4 is 17.8 Å². The van der Waals surface area contributed by atoms with Crippen molar-refractivity contribution in [2.75, 3.05) is 24.7 Å². The van der Waals surface area contributed by atoms with Crippen LogP contribution in [0.4, 0.5) is 6.01 Å². The molecule has 6 heteroatoms. The number of nitrogens with zero attached hydrogens (tertiary/aromatic N) is 2. The van der Waals surface area contributed by atoms with Gasteiger partial charge in [0.05, 0.1) is 6.54 Å². The Labute approximate surface area is 101 Å². The van der Waals surface area contributed by atoms with Gasteiger partial charge in [0, 0.05) is 11.8 Å². The first-order valence-corrected chi connectivity index (χ1v) is 6.84. The van der Waals surface area contributed by atoms with Crippen LogP contribution in [0.15, 0.2) is 4.42 Å². The van der Waals surface area contributed by atoms with Gasteiger partial charge in [0.15, 0.2) is 0 Å². The van der Waals surface area contributed by atoms with Crippen LogP contribution >= 0.6 is 11.8 Å². The maximum Gasteiger partial charge on any atom is 0.315 e. The lowest BCUT2D eigenvalue weighted by Gasteiger charge is -2.06. The molecule has 1 unspecified atom stereocenters. The monoisotopic (exact) mass is 244 g/mol. The summed E-state index contributed by atoms with van der Waals surface area (Å²) in [4.78, 5) is 0. The Bertz CT molecular complexity index is 292. The van der Waals surface area contributed by atoms with Gasteiger partial charge in [0.2, 0.25) is 5.89 Å². The molecule has 0 aliphatic heterocycles. The van der Waals surface area contributed by atoms with Crippen LogP contribution in [0.2, 0.25) is 0 Å². The molecule has 0 radical (unpaired) electrons. The molecule has 1 aromatic heterocycles. The highest BCUT2D eigenvalue weighted by Gasteiger charge is 2.05. The molecule has 5 nitrogen and oxygen atoms in total. The summed E-state index contributed by atoms with van der Waals surface area (Å²) in [5.41, 5.74) is 0. The molecular formula is C10H20N4OS. The predicted octanol–water partition coefficient (Wildman–Crippen LogP) is 1.73. The lowest BCUT2D eigenvalue weighted by molar-refractivity contribution is 0.481. The molecule has 92 valence electrons. The lowest BCUT2D eigenvalue weighted by atomic mass is 10.3. The van der Waals surface area contributed by atoms with Crippen molar-refractivity contribution < 1.29 is 4.42 Å². The number of aromatic nitrogens is 2. The molecule has 0 bridgehead atoms. The molecule has 0 spiro atoms. The van der Waals surface area contributed by atoms with E-state index in [2.05, 4.69) is 34.0 Å². The minimum absolute atomic E-state index is 0.515. The number of hydrogen-bond donors (Lipinski definition) is 2. The Balaban J connectivity index is 2.23. The Morgan fingerprint density at radius 1 is 1.44 bits per heavy atom. The van der Waals surface area contributed by atoms with Crippen LogP contribution in [0, 0.1) is 0 Å². The van der Waals surface area contributed by atoms with Crippen LogP contribution in [0.25, 0.3) is 0 Å². The first-order valence-electron chi connectivity index (χ1n) is 5.56. The number of nitrogens with one attached hydrogen (secondary N) is 2. The average molecular weight is 244 g/mol. The summed E-state index contributed by atoms with van der Waals surface area (Å²) in [6.07, 6.45) is 3.21. The van der Waals surface area contributed by atoms with Crippen molar-refractivity contribution in [2.45, 2.75) is 32.1 Å². The Morgan fingerprint density at radius 3 is 2.94 bits per heavy atom. The Kier molecular flexibility index (Phi) is 6.25.